The van der Waals surface area contributed by atoms with Crippen LogP contribution in [0.2, 0.25) is 0 Å². The molecule has 68 heavy (non-hydrogen) atoms. The summed E-state index contributed by atoms with van der Waals surface area (Å²) < 4.78 is 62.8. The van der Waals surface area contributed by atoms with Gasteiger partial charge in [-0.2, -0.15) is 0 Å². The fraction of sp³-hybridized carbons (Fsp3) is 0.345. The molecule has 0 spiro atoms. The van der Waals surface area contributed by atoms with E-state index in [4.69, 9.17) is 47.4 Å². The van der Waals surface area contributed by atoms with Crippen molar-refractivity contribution in [2.24, 2.45) is 0 Å². The highest BCUT2D eigenvalue weighted by molar-refractivity contribution is 5.70. The number of benzene rings is 6. The first-order valence-electron chi connectivity index (χ1n) is 24.0. The molecule has 0 N–H and O–H groups in total. The van der Waals surface area contributed by atoms with Crippen molar-refractivity contribution in [3.8, 4) is 34.5 Å². The van der Waals surface area contributed by atoms with Crippen LogP contribution >= 0.6 is 0 Å². The van der Waals surface area contributed by atoms with Gasteiger partial charge in [0.15, 0.2) is 0 Å². The monoisotopic (exact) mass is 920 g/mol. The number of para-hydroxylation sites is 4. The van der Waals surface area contributed by atoms with Gasteiger partial charge in [-0.05, 0) is 93.7 Å². The van der Waals surface area contributed by atoms with E-state index < -0.39 is 0 Å². The van der Waals surface area contributed by atoms with Crippen molar-refractivity contribution >= 4 is 12.2 Å². The van der Waals surface area contributed by atoms with E-state index in [0.29, 0.717) is 118 Å². The molecule has 0 radical (unpaired) electrons. The van der Waals surface area contributed by atoms with Gasteiger partial charge < -0.3 is 47.4 Å². The average Bonchev–Trinajstić information content (AvgIpc) is 3.35. The SMILES string of the molecule is CCOCCOCCOc1c2cccc1Cc1cccc3c1OCCOc1cccc(c1)C=Cc1cccc(c1)OCCOc1c(cccc1Cc1cccc(c1OCCOCCOCC)C3)C2. The van der Waals surface area contributed by atoms with Gasteiger partial charge in [0, 0.05) is 38.9 Å². The van der Waals surface area contributed by atoms with E-state index in [2.05, 4.69) is 97.1 Å². The maximum absolute atomic E-state index is 6.87. The molecule has 356 valence electrons. The Morgan fingerprint density at radius 1 is 0.353 bits per heavy atom. The number of hydrogen-bond acceptors (Lipinski definition) is 10. The van der Waals surface area contributed by atoms with E-state index in [-0.39, 0.29) is 0 Å². The van der Waals surface area contributed by atoms with Crippen LogP contribution < -0.4 is 28.4 Å². The fourth-order valence-corrected chi connectivity index (χ4v) is 8.58. The molecule has 0 fully saturated rings. The summed E-state index contributed by atoms with van der Waals surface area (Å²) in [4.78, 5) is 0. The predicted octanol–water partition coefficient (Wildman–Crippen LogP) is 10.6. The second kappa shape index (κ2) is 25.7. The largest absolute Gasteiger partial charge is 0.491 e. The van der Waals surface area contributed by atoms with E-state index >= 15 is 0 Å². The summed E-state index contributed by atoms with van der Waals surface area (Å²) in [6.07, 6.45) is 6.43. The minimum absolute atomic E-state index is 0.333. The number of hydrogen-bond donors (Lipinski definition) is 0. The Morgan fingerprint density at radius 3 is 1.06 bits per heavy atom. The first-order chi connectivity index (χ1) is 33.6. The molecule has 14 bridgehead atoms. The lowest BCUT2D eigenvalue weighted by atomic mass is 9.91. The Bertz CT molecular complexity index is 2290. The van der Waals surface area contributed by atoms with E-state index in [0.717, 1.165) is 90.1 Å². The Labute approximate surface area is 401 Å². The van der Waals surface area contributed by atoms with Crippen LogP contribution in [-0.4, -0.2) is 92.5 Å². The molecular formula is C58H64O10. The summed E-state index contributed by atoms with van der Waals surface area (Å²) in [5.41, 5.74) is 10.4. The number of ether oxygens (including phenoxy) is 10. The normalized spacial score (nSPS) is 13.6. The summed E-state index contributed by atoms with van der Waals surface area (Å²) in [5, 5.41) is 0. The van der Waals surface area contributed by atoms with E-state index in [1.807, 2.05) is 50.2 Å². The molecule has 0 amide bonds. The second-order valence-corrected chi connectivity index (χ2v) is 16.5. The van der Waals surface area contributed by atoms with Crippen LogP contribution in [0.4, 0.5) is 0 Å². The second-order valence-electron chi connectivity index (χ2n) is 16.5. The van der Waals surface area contributed by atoms with Gasteiger partial charge in [0.1, 0.15) is 74.1 Å². The average molecular weight is 921 g/mol. The summed E-state index contributed by atoms with van der Waals surface area (Å²) >= 11 is 0. The van der Waals surface area contributed by atoms with E-state index in [9.17, 15) is 0 Å². The third kappa shape index (κ3) is 13.7. The van der Waals surface area contributed by atoms with Crippen LogP contribution in [0, 0.1) is 0 Å². The zero-order valence-electron chi connectivity index (χ0n) is 39.5. The van der Waals surface area contributed by atoms with Crippen molar-refractivity contribution in [3.05, 3.63) is 177 Å². The minimum atomic E-state index is 0.333. The highest BCUT2D eigenvalue weighted by Crippen LogP contribution is 2.39. The van der Waals surface area contributed by atoms with Gasteiger partial charge in [0.25, 0.3) is 0 Å². The van der Waals surface area contributed by atoms with Gasteiger partial charge in [-0.25, -0.2) is 0 Å². The summed E-state index contributed by atoms with van der Waals surface area (Å²) in [5.74, 6) is 4.83. The molecule has 6 aromatic rings. The van der Waals surface area contributed by atoms with Crippen molar-refractivity contribution in [2.75, 3.05) is 92.5 Å². The molecule has 0 unspecified atom stereocenters. The fourth-order valence-electron chi connectivity index (χ4n) is 8.58. The van der Waals surface area contributed by atoms with Crippen LogP contribution in [0.5, 0.6) is 34.5 Å². The predicted molar refractivity (Wildman–Crippen MR) is 266 cm³/mol. The lowest BCUT2D eigenvalue weighted by Gasteiger charge is -2.23. The molecule has 0 atom stereocenters. The zero-order valence-corrected chi connectivity index (χ0v) is 39.5. The molecule has 10 nitrogen and oxygen atoms in total. The summed E-state index contributed by atoms with van der Waals surface area (Å²) in [7, 11) is 0. The van der Waals surface area contributed by atoms with Crippen molar-refractivity contribution in [1.29, 1.82) is 0 Å². The molecule has 1 aliphatic carbocycles. The van der Waals surface area contributed by atoms with Crippen LogP contribution in [0.25, 0.3) is 12.2 Å². The third-order valence-corrected chi connectivity index (χ3v) is 11.7. The number of rotatable bonds is 16. The van der Waals surface area contributed by atoms with Crippen molar-refractivity contribution in [2.45, 2.75) is 39.5 Å². The van der Waals surface area contributed by atoms with Gasteiger partial charge in [0.2, 0.25) is 0 Å². The lowest BCUT2D eigenvalue weighted by molar-refractivity contribution is 0.0403. The smallest absolute Gasteiger partial charge is 0.126 e. The highest BCUT2D eigenvalue weighted by atomic mass is 16.6. The van der Waals surface area contributed by atoms with Crippen LogP contribution in [-0.2, 0) is 44.6 Å². The standard InChI is InChI=1S/C58H64O10/c1-3-59-25-27-61-29-31-65-55-45-13-7-14-46(55)40-50-18-10-20-52-42-48-16-8-15-47(56(48)66-32-30-62-28-26-60-4-2)41-51-19-9-17-49(39-45)57(51)67-35-33-63-53-21-5-11-43(37-53)23-24-44-12-6-22-54(38-44)64-34-36-68-58(50)52/h5-24,37-38H,3-4,25-36,39-42H2,1-2H3. The topological polar surface area (TPSA) is 92.3 Å². The summed E-state index contributed by atoms with van der Waals surface area (Å²) in [6.45, 7) is 10.4. The van der Waals surface area contributed by atoms with E-state index in [1.54, 1.807) is 0 Å². The van der Waals surface area contributed by atoms with Gasteiger partial charge in [-0.1, -0.05) is 109 Å². The summed E-state index contributed by atoms with van der Waals surface area (Å²) in [6, 6.07) is 41.9. The molecule has 0 aromatic heterocycles. The molecule has 10 heteroatoms. The van der Waals surface area contributed by atoms with E-state index in [1.165, 1.54) is 0 Å². The van der Waals surface area contributed by atoms with Crippen molar-refractivity contribution in [3.63, 3.8) is 0 Å². The Balaban J connectivity index is 1.22. The van der Waals surface area contributed by atoms with Gasteiger partial charge >= 0.3 is 0 Å². The molecule has 6 aromatic carbocycles. The van der Waals surface area contributed by atoms with Crippen molar-refractivity contribution in [1.82, 2.24) is 0 Å². The third-order valence-electron chi connectivity index (χ3n) is 11.7. The highest BCUT2D eigenvalue weighted by Gasteiger charge is 2.22. The molecule has 3 aliphatic rings. The van der Waals surface area contributed by atoms with Crippen molar-refractivity contribution < 1.29 is 47.4 Å². The quantitative estimate of drug-likeness (QED) is 0.0873. The van der Waals surface area contributed by atoms with Gasteiger partial charge in [0.05, 0.1) is 39.6 Å². The Hall–Kier alpha value is -6.30. The van der Waals surface area contributed by atoms with Gasteiger partial charge in [-0.15, -0.1) is 0 Å². The molecule has 0 saturated carbocycles. The van der Waals surface area contributed by atoms with Crippen LogP contribution in [0.1, 0.15) is 69.5 Å². The Kier molecular flexibility index (Phi) is 18.2. The molecular weight excluding hydrogens is 857 g/mol. The molecule has 2 heterocycles. The van der Waals surface area contributed by atoms with Crippen LogP contribution in [0.3, 0.4) is 0 Å². The Morgan fingerprint density at radius 2 is 0.676 bits per heavy atom. The lowest BCUT2D eigenvalue weighted by Crippen LogP contribution is -2.15. The maximum atomic E-state index is 6.87. The maximum Gasteiger partial charge on any atom is 0.126 e. The minimum Gasteiger partial charge on any atom is -0.491 e. The first-order valence-corrected chi connectivity index (χ1v) is 24.0. The number of fused-ring (bicyclic) bond motifs is 6. The first kappa shape index (κ1) is 48.2. The van der Waals surface area contributed by atoms with Gasteiger partial charge in [-0.3, -0.25) is 0 Å². The molecule has 2 aliphatic heterocycles. The molecule has 9 rings (SSSR count). The molecule has 0 saturated heterocycles. The van der Waals surface area contributed by atoms with Crippen LogP contribution in [0.15, 0.2) is 121 Å². The zero-order chi connectivity index (χ0) is 46.6.